The molecule has 32 heavy (non-hydrogen) atoms. The van der Waals surface area contributed by atoms with Crippen molar-refractivity contribution in [3.05, 3.63) is 60.8 Å². The van der Waals surface area contributed by atoms with E-state index in [9.17, 15) is 9.59 Å². The number of ether oxygens (including phenoxy) is 2. The second-order valence-corrected chi connectivity index (χ2v) is 7.76. The molecule has 0 fully saturated rings. The van der Waals surface area contributed by atoms with Crippen molar-refractivity contribution >= 4 is 29.3 Å². The molecule has 1 aliphatic rings. The van der Waals surface area contributed by atoms with Crippen molar-refractivity contribution in [2.75, 3.05) is 17.9 Å². The lowest BCUT2D eigenvalue weighted by molar-refractivity contribution is -0.113. The van der Waals surface area contributed by atoms with Gasteiger partial charge in [0.05, 0.1) is 18.1 Å². The molecule has 166 valence electrons. The Labute approximate surface area is 188 Å². The molecule has 0 spiro atoms. The summed E-state index contributed by atoms with van der Waals surface area (Å²) in [6, 6.07) is 8.00. The van der Waals surface area contributed by atoms with E-state index < -0.39 is 6.04 Å². The van der Waals surface area contributed by atoms with Crippen LogP contribution in [-0.2, 0) is 11.3 Å². The summed E-state index contributed by atoms with van der Waals surface area (Å²) >= 11 is 1.24. The largest absolute Gasteiger partial charge is 0.459 e. The van der Waals surface area contributed by atoms with Crippen molar-refractivity contribution in [1.82, 2.24) is 20.1 Å². The number of hydrogen-bond acceptors (Lipinski definition) is 8. The Morgan fingerprint density at radius 2 is 2.12 bits per heavy atom. The third-order valence-corrected chi connectivity index (χ3v) is 5.49. The molecule has 2 aromatic heterocycles. The van der Waals surface area contributed by atoms with Gasteiger partial charge in [-0.3, -0.25) is 9.59 Å². The van der Waals surface area contributed by atoms with Crippen molar-refractivity contribution in [2.45, 2.75) is 24.7 Å². The summed E-state index contributed by atoms with van der Waals surface area (Å²) in [5.41, 5.74) is 0.613. The van der Waals surface area contributed by atoms with Gasteiger partial charge in [-0.25, -0.2) is 0 Å². The van der Waals surface area contributed by atoms with Gasteiger partial charge in [-0.1, -0.05) is 17.8 Å². The van der Waals surface area contributed by atoms with Crippen LogP contribution in [-0.4, -0.2) is 39.1 Å². The maximum Gasteiger partial charge on any atom is 0.287 e. The number of carbonyl (C=O) groups is 2. The highest BCUT2D eigenvalue weighted by molar-refractivity contribution is 7.99. The van der Waals surface area contributed by atoms with Crippen LogP contribution in [0.5, 0.6) is 11.5 Å². The molecule has 0 saturated carbocycles. The standard InChI is InChI=1S/C21H21N5O5S/c1-3-8-26-19(13(2)22-20(28)16-5-4-9-29-16)24-25-21(26)32-11-18(27)23-14-6-7-15-17(10-14)31-12-30-15/h3-7,9-10,13H,1,8,11-12H2,2H3,(H,22,28)(H,23,27)/t13-/m1/s1. The van der Waals surface area contributed by atoms with Gasteiger partial charge in [0.1, 0.15) is 0 Å². The molecule has 4 rings (SSSR count). The highest BCUT2D eigenvalue weighted by Crippen LogP contribution is 2.34. The number of rotatable bonds is 9. The zero-order valence-corrected chi connectivity index (χ0v) is 18.1. The molecule has 10 nitrogen and oxygen atoms in total. The molecule has 0 radical (unpaired) electrons. The van der Waals surface area contributed by atoms with E-state index in [1.807, 2.05) is 0 Å². The number of carbonyl (C=O) groups excluding carboxylic acids is 2. The number of anilines is 1. The fraction of sp³-hybridized carbons (Fsp3) is 0.238. The van der Waals surface area contributed by atoms with Gasteiger partial charge < -0.3 is 29.1 Å². The van der Waals surface area contributed by atoms with E-state index in [0.29, 0.717) is 34.7 Å². The molecule has 2 N–H and O–H groups in total. The first-order chi connectivity index (χ1) is 15.5. The SMILES string of the molecule is C=CCn1c(SCC(=O)Nc2ccc3c(c2)OCO3)nnc1[C@@H](C)NC(=O)c1ccco1. The molecule has 1 aromatic carbocycles. The summed E-state index contributed by atoms with van der Waals surface area (Å²) in [4.78, 5) is 24.7. The molecule has 3 heterocycles. The number of furan rings is 1. The van der Waals surface area contributed by atoms with E-state index in [4.69, 9.17) is 13.9 Å². The number of benzene rings is 1. The lowest BCUT2D eigenvalue weighted by Crippen LogP contribution is -2.28. The van der Waals surface area contributed by atoms with Crippen molar-refractivity contribution in [1.29, 1.82) is 0 Å². The zero-order chi connectivity index (χ0) is 22.5. The van der Waals surface area contributed by atoms with Gasteiger partial charge in [0.2, 0.25) is 12.7 Å². The first-order valence-corrected chi connectivity index (χ1v) is 10.7. The first-order valence-electron chi connectivity index (χ1n) is 9.76. The lowest BCUT2D eigenvalue weighted by atomic mass is 10.3. The Kier molecular flexibility index (Phi) is 6.45. The molecular formula is C21H21N5O5S. The summed E-state index contributed by atoms with van der Waals surface area (Å²) in [6.07, 6.45) is 3.13. The Morgan fingerprint density at radius 1 is 1.28 bits per heavy atom. The van der Waals surface area contributed by atoms with Crippen LogP contribution in [0.1, 0.15) is 29.3 Å². The third kappa shape index (κ3) is 4.78. The Balaban J connectivity index is 1.38. The number of aromatic nitrogens is 3. The molecular weight excluding hydrogens is 434 g/mol. The monoisotopic (exact) mass is 455 g/mol. The van der Waals surface area contributed by atoms with E-state index >= 15 is 0 Å². The number of hydrogen-bond donors (Lipinski definition) is 2. The van der Waals surface area contributed by atoms with Crippen LogP contribution in [0.4, 0.5) is 5.69 Å². The summed E-state index contributed by atoms with van der Waals surface area (Å²) in [7, 11) is 0. The third-order valence-electron chi connectivity index (χ3n) is 4.53. The minimum atomic E-state index is -0.433. The van der Waals surface area contributed by atoms with Crippen LogP contribution in [0.2, 0.25) is 0 Å². The molecule has 11 heteroatoms. The average Bonchev–Trinajstić information content (AvgIpc) is 3.53. The summed E-state index contributed by atoms with van der Waals surface area (Å²) < 4.78 is 17.5. The van der Waals surface area contributed by atoms with Crippen molar-refractivity contribution in [3.63, 3.8) is 0 Å². The number of allylic oxidation sites excluding steroid dienone is 1. The summed E-state index contributed by atoms with van der Waals surface area (Å²) in [5, 5.41) is 14.6. The lowest BCUT2D eigenvalue weighted by Gasteiger charge is -2.14. The average molecular weight is 455 g/mol. The maximum atomic E-state index is 12.4. The molecule has 1 aliphatic heterocycles. The van der Waals surface area contributed by atoms with Crippen molar-refractivity contribution in [2.24, 2.45) is 0 Å². The first kappa shape index (κ1) is 21.5. The minimum Gasteiger partial charge on any atom is -0.459 e. The predicted octanol–water partition coefficient (Wildman–Crippen LogP) is 3.01. The van der Waals surface area contributed by atoms with Crippen LogP contribution in [0.3, 0.4) is 0 Å². The molecule has 1 atom stereocenters. The van der Waals surface area contributed by atoms with E-state index in [1.165, 1.54) is 18.0 Å². The van der Waals surface area contributed by atoms with Crippen LogP contribution in [0, 0.1) is 0 Å². The topological polar surface area (TPSA) is 121 Å². The van der Waals surface area contributed by atoms with Gasteiger partial charge in [-0.15, -0.1) is 16.8 Å². The van der Waals surface area contributed by atoms with Crippen molar-refractivity contribution < 1.29 is 23.5 Å². The van der Waals surface area contributed by atoms with Crippen LogP contribution < -0.4 is 20.1 Å². The molecule has 0 saturated heterocycles. The number of nitrogens with zero attached hydrogens (tertiary/aromatic N) is 3. The predicted molar refractivity (Wildman–Crippen MR) is 117 cm³/mol. The molecule has 0 bridgehead atoms. The fourth-order valence-electron chi connectivity index (χ4n) is 3.07. The van der Waals surface area contributed by atoms with Crippen LogP contribution >= 0.6 is 11.8 Å². The van der Waals surface area contributed by atoms with E-state index in [1.54, 1.807) is 47.9 Å². The van der Waals surface area contributed by atoms with Gasteiger partial charge in [0, 0.05) is 18.3 Å². The van der Waals surface area contributed by atoms with E-state index in [-0.39, 0.29) is 30.1 Å². The fourth-order valence-corrected chi connectivity index (χ4v) is 3.82. The Morgan fingerprint density at radius 3 is 2.91 bits per heavy atom. The zero-order valence-electron chi connectivity index (χ0n) is 17.2. The molecule has 0 unspecified atom stereocenters. The van der Waals surface area contributed by atoms with Gasteiger partial charge in [0.15, 0.2) is 28.2 Å². The highest BCUT2D eigenvalue weighted by Gasteiger charge is 2.21. The molecule has 2 amide bonds. The van der Waals surface area contributed by atoms with Gasteiger partial charge in [-0.2, -0.15) is 0 Å². The Bertz CT molecular complexity index is 1130. The quantitative estimate of drug-likeness (QED) is 0.373. The molecule has 0 aliphatic carbocycles. The smallest absolute Gasteiger partial charge is 0.287 e. The number of thioether (sulfide) groups is 1. The minimum absolute atomic E-state index is 0.122. The maximum absolute atomic E-state index is 12.4. The second kappa shape index (κ2) is 9.60. The van der Waals surface area contributed by atoms with Gasteiger partial charge >= 0.3 is 0 Å². The number of nitrogens with one attached hydrogen (secondary N) is 2. The molecule has 3 aromatic rings. The number of amides is 2. The van der Waals surface area contributed by atoms with Crippen LogP contribution in [0.15, 0.2) is 58.8 Å². The van der Waals surface area contributed by atoms with Gasteiger partial charge in [0.25, 0.3) is 5.91 Å². The summed E-state index contributed by atoms with van der Waals surface area (Å²) in [5.74, 6) is 1.56. The van der Waals surface area contributed by atoms with Crippen LogP contribution in [0.25, 0.3) is 0 Å². The van der Waals surface area contributed by atoms with Gasteiger partial charge in [-0.05, 0) is 31.2 Å². The van der Waals surface area contributed by atoms with E-state index in [2.05, 4.69) is 27.4 Å². The van der Waals surface area contributed by atoms with Crippen molar-refractivity contribution in [3.8, 4) is 11.5 Å². The second-order valence-electron chi connectivity index (χ2n) is 6.82. The van der Waals surface area contributed by atoms with E-state index in [0.717, 1.165) is 0 Å². The normalized spacial score (nSPS) is 12.9. The Hall–Kier alpha value is -3.73. The number of fused-ring (bicyclic) bond motifs is 1. The summed E-state index contributed by atoms with van der Waals surface area (Å²) in [6.45, 7) is 6.16. The highest BCUT2D eigenvalue weighted by atomic mass is 32.2.